The summed E-state index contributed by atoms with van der Waals surface area (Å²) in [6, 6.07) is 9.16. The summed E-state index contributed by atoms with van der Waals surface area (Å²) in [6.07, 6.45) is 3.41. The topological polar surface area (TPSA) is 140 Å². The third-order valence-corrected chi connectivity index (χ3v) is 5.67. The Morgan fingerprint density at radius 3 is 2.63 bits per heavy atom. The van der Waals surface area contributed by atoms with Gasteiger partial charge in [-0.05, 0) is 35.9 Å². The lowest BCUT2D eigenvalue weighted by atomic mass is 10.00. The monoisotopic (exact) mass is 477 g/mol. The molecule has 0 amide bonds. The fourth-order valence-electron chi connectivity index (χ4n) is 3.93. The van der Waals surface area contributed by atoms with Gasteiger partial charge in [-0.15, -0.1) is 9.50 Å². The molecule has 12 heteroatoms. The molecule has 4 aromatic heterocycles. The molecule has 1 aromatic carbocycles. The minimum Gasteiger partial charge on any atom is -0.481 e. The first-order valence-electron chi connectivity index (χ1n) is 10.6. The maximum atomic E-state index is 13.7. The number of aryl methyl sites for hydroxylation is 1. The molecule has 4 N–H and O–H groups in total. The predicted molar refractivity (Wildman–Crippen MR) is 124 cm³/mol. The maximum Gasteiger partial charge on any atom is 0.411 e. The second kappa shape index (κ2) is 8.65. The van der Waals surface area contributed by atoms with Crippen LogP contribution in [0.15, 0.2) is 53.6 Å². The van der Waals surface area contributed by atoms with E-state index < -0.39 is 11.5 Å². The summed E-state index contributed by atoms with van der Waals surface area (Å²) in [5.41, 5.74) is 8.61. The first kappa shape index (κ1) is 22.2. The summed E-state index contributed by atoms with van der Waals surface area (Å²) in [5, 5.41) is 14.3. The fraction of sp³-hybridized carbons (Fsp3) is 0.174. The van der Waals surface area contributed by atoms with Crippen LogP contribution in [0.2, 0.25) is 0 Å². The number of nitrogen functional groups attached to an aromatic ring is 1. The number of benzene rings is 1. The van der Waals surface area contributed by atoms with Gasteiger partial charge < -0.3 is 14.4 Å². The summed E-state index contributed by atoms with van der Waals surface area (Å²) < 4.78 is 23.3. The van der Waals surface area contributed by atoms with Crippen LogP contribution in [0.25, 0.3) is 28.0 Å². The van der Waals surface area contributed by atoms with Crippen molar-refractivity contribution in [2.45, 2.75) is 13.2 Å². The molecule has 5 rings (SSSR count). The van der Waals surface area contributed by atoms with Crippen molar-refractivity contribution >= 4 is 11.6 Å². The van der Waals surface area contributed by atoms with Gasteiger partial charge in [-0.1, -0.05) is 0 Å². The number of pyridine rings is 1. The van der Waals surface area contributed by atoms with Crippen LogP contribution >= 0.6 is 0 Å². The number of methoxy groups -OCH3 is 1. The van der Waals surface area contributed by atoms with E-state index in [1.54, 1.807) is 41.2 Å². The number of nitrogens with one attached hydrogen (secondary N) is 1. The molecule has 0 aliphatic rings. The number of nitrogens with zero attached hydrogens (tertiary/aromatic N) is 6. The van der Waals surface area contributed by atoms with E-state index in [4.69, 9.17) is 10.5 Å². The van der Waals surface area contributed by atoms with Crippen molar-refractivity contribution in [3.8, 4) is 28.3 Å². The number of ether oxygens (including phenoxy) is 1. The molecule has 0 aliphatic heterocycles. The highest BCUT2D eigenvalue weighted by molar-refractivity contribution is 5.89. The lowest BCUT2D eigenvalue weighted by Gasteiger charge is -2.11. The van der Waals surface area contributed by atoms with E-state index in [9.17, 15) is 14.3 Å². The third kappa shape index (κ3) is 3.89. The van der Waals surface area contributed by atoms with Gasteiger partial charge in [0.05, 0.1) is 25.0 Å². The van der Waals surface area contributed by atoms with E-state index in [-0.39, 0.29) is 30.6 Å². The van der Waals surface area contributed by atoms with Crippen LogP contribution in [-0.2, 0) is 20.2 Å². The fourth-order valence-corrected chi connectivity index (χ4v) is 3.93. The van der Waals surface area contributed by atoms with E-state index in [0.717, 1.165) is 0 Å². The normalized spacial score (nSPS) is 11.3. The van der Waals surface area contributed by atoms with Gasteiger partial charge in [0.25, 0.3) is 0 Å². The number of aromatic amines is 1. The Morgan fingerprint density at radius 2 is 1.97 bits per heavy atom. The van der Waals surface area contributed by atoms with Gasteiger partial charge in [-0.3, -0.25) is 5.73 Å². The van der Waals surface area contributed by atoms with Crippen molar-refractivity contribution in [1.82, 2.24) is 28.7 Å². The number of fused-ring (bicyclic) bond motifs is 1. The van der Waals surface area contributed by atoms with Crippen molar-refractivity contribution in [2.75, 3.05) is 12.8 Å². The van der Waals surface area contributed by atoms with Gasteiger partial charge in [0.2, 0.25) is 11.5 Å². The lowest BCUT2D eigenvalue weighted by molar-refractivity contribution is -0.351. The van der Waals surface area contributed by atoms with Crippen molar-refractivity contribution < 1.29 is 19.2 Å². The molecule has 4 heterocycles. The molecule has 178 valence electrons. The van der Waals surface area contributed by atoms with Crippen LogP contribution in [0.4, 0.5) is 10.3 Å². The number of aliphatic hydroxyl groups is 1. The van der Waals surface area contributed by atoms with Gasteiger partial charge >= 0.3 is 11.6 Å². The number of hydrogen-bond acceptors (Lipinski definition) is 7. The van der Waals surface area contributed by atoms with Crippen molar-refractivity contribution in [3.05, 3.63) is 76.6 Å². The number of halogens is 1. The zero-order chi connectivity index (χ0) is 24.7. The summed E-state index contributed by atoms with van der Waals surface area (Å²) in [4.78, 5) is 24.9. The SMILES string of the molecule is COc1cc(-c2c(-c3ccc(F)cc3)[nH+]c(N)n3c(=O)n(Cc4nccn4C)nc23)cc(CO)n1. The highest BCUT2D eigenvalue weighted by atomic mass is 19.1. The Kier molecular flexibility index (Phi) is 5.49. The molecule has 0 bridgehead atoms. The molecule has 0 radical (unpaired) electrons. The molecule has 5 aromatic rings. The van der Waals surface area contributed by atoms with Gasteiger partial charge in [0, 0.05) is 31.1 Å². The largest absolute Gasteiger partial charge is 0.481 e. The maximum absolute atomic E-state index is 13.7. The molecular formula is C23H22FN8O3+. The summed E-state index contributed by atoms with van der Waals surface area (Å²) in [5.74, 6) is 0.545. The van der Waals surface area contributed by atoms with Crippen LogP contribution in [0.3, 0.4) is 0 Å². The summed E-state index contributed by atoms with van der Waals surface area (Å²) >= 11 is 0. The van der Waals surface area contributed by atoms with Gasteiger partial charge in [0.1, 0.15) is 23.9 Å². The van der Waals surface area contributed by atoms with Crippen molar-refractivity contribution in [2.24, 2.45) is 7.05 Å². The zero-order valence-electron chi connectivity index (χ0n) is 18.9. The van der Waals surface area contributed by atoms with E-state index in [0.29, 0.717) is 33.9 Å². The van der Waals surface area contributed by atoms with Crippen LogP contribution in [-0.4, -0.2) is 40.9 Å². The summed E-state index contributed by atoms with van der Waals surface area (Å²) in [7, 11) is 3.29. The van der Waals surface area contributed by atoms with Crippen LogP contribution in [0.1, 0.15) is 11.5 Å². The van der Waals surface area contributed by atoms with Crippen molar-refractivity contribution in [3.63, 3.8) is 0 Å². The van der Waals surface area contributed by atoms with E-state index in [1.807, 2.05) is 7.05 Å². The first-order chi connectivity index (χ1) is 16.9. The van der Waals surface area contributed by atoms with Gasteiger partial charge in [-0.2, -0.15) is 4.68 Å². The molecule has 0 unspecified atom stereocenters. The number of aromatic nitrogens is 7. The number of aliphatic hydroxyl groups excluding tert-OH is 1. The molecule has 0 spiro atoms. The molecule has 11 nitrogen and oxygen atoms in total. The third-order valence-electron chi connectivity index (χ3n) is 5.67. The Bertz CT molecular complexity index is 1580. The van der Waals surface area contributed by atoms with Gasteiger partial charge in [-0.25, -0.2) is 24.1 Å². The molecule has 35 heavy (non-hydrogen) atoms. The van der Waals surface area contributed by atoms with Crippen LogP contribution in [0, 0.1) is 5.82 Å². The highest BCUT2D eigenvalue weighted by Gasteiger charge is 2.27. The number of hydrogen-bond donors (Lipinski definition) is 2. The van der Waals surface area contributed by atoms with Crippen LogP contribution in [0.5, 0.6) is 5.88 Å². The van der Waals surface area contributed by atoms with E-state index >= 15 is 0 Å². The molecule has 0 saturated heterocycles. The first-order valence-corrected chi connectivity index (χ1v) is 10.6. The van der Waals surface area contributed by atoms with E-state index in [1.165, 1.54) is 28.3 Å². The highest BCUT2D eigenvalue weighted by Crippen LogP contribution is 2.34. The van der Waals surface area contributed by atoms with Gasteiger partial charge in [0.15, 0.2) is 0 Å². The minimum absolute atomic E-state index is 0.0440. The summed E-state index contributed by atoms with van der Waals surface area (Å²) in [6.45, 7) is -0.207. The van der Waals surface area contributed by atoms with Crippen molar-refractivity contribution in [1.29, 1.82) is 0 Å². The van der Waals surface area contributed by atoms with E-state index in [2.05, 4.69) is 20.1 Å². The average Bonchev–Trinajstić information content (AvgIpc) is 3.41. The molecule has 0 saturated carbocycles. The predicted octanol–water partition coefficient (Wildman–Crippen LogP) is 1.04. The zero-order valence-corrected chi connectivity index (χ0v) is 18.9. The Balaban J connectivity index is 1.84. The average molecular weight is 477 g/mol. The second-order valence-corrected chi connectivity index (χ2v) is 7.87. The smallest absolute Gasteiger partial charge is 0.411 e. The number of imidazole rings is 1. The van der Waals surface area contributed by atoms with Crippen LogP contribution < -0.4 is 21.1 Å². The Hall–Kier alpha value is -4.58. The quantitative estimate of drug-likeness (QED) is 0.372. The number of nitrogens with two attached hydrogens (primary N) is 1. The number of anilines is 1. The molecule has 0 aliphatic carbocycles. The Labute approximate surface area is 197 Å². The lowest BCUT2D eigenvalue weighted by Crippen LogP contribution is -2.28. The second-order valence-electron chi connectivity index (χ2n) is 7.87. The number of H-pyrrole nitrogens is 1. The molecular weight excluding hydrogens is 455 g/mol. The standard InChI is InChI=1S/C23H21FN8O3/c1-30-8-7-26-17(30)11-31-23(34)32-21(29-31)19(14-9-16(12-33)27-18(10-14)35-2)20(28-22(32)25)13-3-5-15(24)6-4-13/h3-10,33H,11-12H2,1-2H3,(H2,25,28)/p+1. The molecule has 0 fully saturated rings. The Morgan fingerprint density at radius 1 is 1.20 bits per heavy atom. The molecule has 0 atom stereocenters. The number of rotatable bonds is 6. The minimum atomic E-state index is -0.466.